The minimum absolute atomic E-state index is 0.0232. The number of carbonyl (C=O) groups is 1. The van der Waals surface area contributed by atoms with E-state index in [0.29, 0.717) is 22.3 Å². The Kier molecular flexibility index (Phi) is 5.21. The lowest BCUT2D eigenvalue weighted by Gasteiger charge is -2.14. The molecule has 0 radical (unpaired) electrons. The summed E-state index contributed by atoms with van der Waals surface area (Å²) in [5.74, 6) is 5.77. The first-order chi connectivity index (χ1) is 9.60. The van der Waals surface area contributed by atoms with Crippen LogP contribution in [0.2, 0.25) is 4.34 Å². The van der Waals surface area contributed by atoms with Crippen LogP contribution in [0.15, 0.2) is 23.6 Å². The van der Waals surface area contributed by atoms with Crippen molar-refractivity contribution < 1.29 is 4.79 Å². The predicted octanol–water partition coefficient (Wildman–Crippen LogP) is 3.05. The third-order valence-corrected chi connectivity index (χ3v) is 4.65. The molecule has 2 aromatic rings. The first kappa shape index (κ1) is 15.1. The zero-order valence-electron chi connectivity index (χ0n) is 10.9. The maximum absolute atomic E-state index is 12.2. The Hall–Kier alpha value is -1.32. The van der Waals surface area contributed by atoms with Crippen molar-refractivity contribution in [2.75, 3.05) is 13.6 Å². The van der Waals surface area contributed by atoms with Gasteiger partial charge in [0.15, 0.2) is 0 Å². The molecule has 0 aliphatic rings. The third-order valence-electron chi connectivity index (χ3n) is 2.51. The Balaban J connectivity index is 2.02. The van der Waals surface area contributed by atoms with E-state index in [0.717, 1.165) is 10.4 Å². The van der Waals surface area contributed by atoms with Crippen molar-refractivity contribution in [2.45, 2.75) is 6.54 Å². The van der Waals surface area contributed by atoms with Gasteiger partial charge < -0.3 is 10.6 Å². The van der Waals surface area contributed by atoms with Gasteiger partial charge in [0.1, 0.15) is 0 Å². The SMILES string of the molecule is CN(Cc1cc(C#CCN)cs1)C(=O)c1ccc(Cl)s1. The number of rotatable bonds is 3. The molecule has 0 atom stereocenters. The smallest absolute Gasteiger partial charge is 0.264 e. The second-order valence-electron chi connectivity index (χ2n) is 4.07. The van der Waals surface area contributed by atoms with Crippen molar-refractivity contribution in [1.82, 2.24) is 4.90 Å². The van der Waals surface area contributed by atoms with Crippen LogP contribution in [0.3, 0.4) is 0 Å². The summed E-state index contributed by atoms with van der Waals surface area (Å²) in [4.78, 5) is 15.6. The first-order valence-electron chi connectivity index (χ1n) is 5.87. The average Bonchev–Trinajstić information content (AvgIpc) is 3.04. The van der Waals surface area contributed by atoms with Crippen molar-refractivity contribution in [1.29, 1.82) is 0 Å². The molecule has 2 aromatic heterocycles. The van der Waals surface area contributed by atoms with Gasteiger partial charge in [-0.2, -0.15) is 0 Å². The lowest BCUT2D eigenvalue weighted by molar-refractivity contribution is 0.0791. The standard InChI is InChI=1S/C14H13ClN2OS2/c1-17(14(18)12-4-5-13(15)20-12)8-11-7-10(9-19-11)3-2-6-16/h4-5,7,9H,6,8,16H2,1H3. The molecular formula is C14H13ClN2OS2. The van der Waals surface area contributed by atoms with E-state index < -0.39 is 0 Å². The molecule has 6 heteroatoms. The fourth-order valence-corrected chi connectivity index (χ4v) is 3.51. The maximum atomic E-state index is 12.2. The summed E-state index contributed by atoms with van der Waals surface area (Å²) in [6.07, 6.45) is 0. The lowest BCUT2D eigenvalue weighted by Crippen LogP contribution is -2.24. The normalized spacial score (nSPS) is 9.95. The highest BCUT2D eigenvalue weighted by Gasteiger charge is 2.14. The molecule has 0 aliphatic heterocycles. The summed E-state index contributed by atoms with van der Waals surface area (Å²) in [5.41, 5.74) is 6.28. The Morgan fingerprint density at radius 1 is 1.50 bits per heavy atom. The van der Waals surface area contributed by atoms with Crippen LogP contribution in [0.5, 0.6) is 0 Å². The summed E-state index contributed by atoms with van der Waals surface area (Å²) in [5, 5.41) is 1.97. The molecule has 2 N–H and O–H groups in total. The molecular weight excluding hydrogens is 312 g/mol. The van der Waals surface area contributed by atoms with Gasteiger partial charge in [0, 0.05) is 22.9 Å². The second-order valence-corrected chi connectivity index (χ2v) is 6.78. The maximum Gasteiger partial charge on any atom is 0.264 e. The van der Waals surface area contributed by atoms with Gasteiger partial charge >= 0.3 is 0 Å². The van der Waals surface area contributed by atoms with Gasteiger partial charge in [0.25, 0.3) is 5.91 Å². The Labute approximate surface area is 131 Å². The highest BCUT2D eigenvalue weighted by Crippen LogP contribution is 2.23. The molecule has 0 bridgehead atoms. The molecule has 3 nitrogen and oxygen atoms in total. The van der Waals surface area contributed by atoms with Gasteiger partial charge in [-0.05, 0) is 18.2 Å². The molecule has 104 valence electrons. The van der Waals surface area contributed by atoms with E-state index in [-0.39, 0.29) is 5.91 Å². The number of hydrogen-bond acceptors (Lipinski definition) is 4. The summed E-state index contributed by atoms with van der Waals surface area (Å²) < 4.78 is 0.622. The molecule has 0 unspecified atom stereocenters. The molecule has 2 heterocycles. The van der Waals surface area contributed by atoms with Gasteiger partial charge in [-0.1, -0.05) is 23.4 Å². The average molecular weight is 325 g/mol. The highest BCUT2D eigenvalue weighted by atomic mass is 35.5. The number of nitrogens with two attached hydrogens (primary N) is 1. The fourth-order valence-electron chi connectivity index (χ4n) is 1.61. The van der Waals surface area contributed by atoms with E-state index in [2.05, 4.69) is 11.8 Å². The van der Waals surface area contributed by atoms with E-state index in [1.165, 1.54) is 11.3 Å². The van der Waals surface area contributed by atoms with Crippen LogP contribution < -0.4 is 5.73 Å². The molecule has 0 aromatic carbocycles. The van der Waals surface area contributed by atoms with E-state index in [1.807, 2.05) is 11.4 Å². The van der Waals surface area contributed by atoms with E-state index >= 15 is 0 Å². The summed E-state index contributed by atoms with van der Waals surface area (Å²) in [6, 6.07) is 5.47. The Bertz CT molecular complexity index is 666. The van der Waals surface area contributed by atoms with Crippen molar-refractivity contribution >= 4 is 40.2 Å². The van der Waals surface area contributed by atoms with Crippen LogP contribution in [0.1, 0.15) is 20.1 Å². The molecule has 2 rings (SSSR count). The van der Waals surface area contributed by atoms with Gasteiger partial charge in [-0.25, -0.2) is 0 Å². The molecule has 0 saturated heterocycles. The van der Waals surface area contributed by atoms with Crippen molar-refractivity contribution in [3.63, 3.8) is 0 Å². The largest absolute Gasteiger partial charge is 0.336 e. The van der Waals surface area contributed by atoms with Crippen LogP contribution in [0.4, 0.5) is 0 Å². The van der Waals surface area contributed by atoms with Crippen LogP contribution >= 0.6 is 34.3 Å². The van der Waals surface area contributed by atoms with Crippen LogP contribution in [-0.4, -0.2) is 24.4 Å². The number of nitrogens with zero attached hydrogens (tertiary/aromatic N) is 1. The number of carbonyl (C=O) groups excluding carboxylic acids is 1. The summed E-state index contributed by atoms with van der Waals surface area (Å²) in [6.45, 7) is 0.909. The zero-order valence-corrected chi connectivity index (χ0v) is 13.2. The number of thiophene rings is 2. The molecule has 0 saturated carbocycles. The van der Waals surface area contributed by atoms with Crippen LogP contribution in [-0.2, 0) is 6.54 Å². The molecule has 20 heavy (non-hydrogen) atoms. The minimum Gasteiger partial charge on any atom is -0.336 e. The fraction of sp³-hybridized carbons (Fsp3) is 0.214. The van der Waals surface area contributed by atoms with Crippen LogP contribution in [0, 0.1) is 11.8 Å². The van der Waals surface area contributed by atoms with Crippen molar-refractivity contribution in [3.8, 4) is 11.8 Å². The number of halogens is 1. The first-order valence-corrected chi connectivity index (χ1v) is 7.94. The Morgan fingerprint density at radius 2 is 2.30 bits per heavy atom. The molecule has 1 amide bonds. The summed E-state index contributed by atoms with van der Waals surface area (Å²) in [7, 11) is 1.78. The Morgan fingerprint density at radius 3 is 2.95 bits per heavy atom. The highest BCUT2D eigenvalue weighted by molar-refractivity contribution is 7.18. The van der Waals surface area contributed by atoms with Gasteiger partial charge in [-0.3, -0.25) is 4.79 Å². The van der Waals surface area contributed by atoms with Gasteiger partial charge in [-0.15, -0.1) is 22.7 Å². The second kappa shape index (κ2) is 6.91. The lowest BCUT2D eigenvalue weighted by atomic mass is 10.3. The predicted molar refractivity (Wildman–Crippen MR) is 85.4 cm³/mol. The van der Waals surface area contributed by atoms with E-state index in [1.54, 1.807) is 35.4 Å². The molecule has 0 spiro atoms. The van der Waals surface area contributed by atoms with Crippen LogP contribution in [0.25, 0.3) is 0 Å². The topological polar surface area (TPSA) is 46.3 Å². The zero-order chi connectivity index (χ0) is 14.5. The minimum atomic E-state index is -0.0232. The molecule has 0 aliphatic carbocycles. The van der Waals surface area contributed by atoms with E-state index in [9.17, 15) is 4.79 Å². The van der Waals surface area contributed by atoms with E-state index in [4.69, 9.17) is 17.3 Å². The quantitative estimate of drug-likeness (QED) is 0.882. The number of hydrogen-bond donors (Lipinski definition) is 1. The van der Waals surface area contributed by atoms with Crippen molar-refractivity contribution in [3.05, 3.63) is 43.2 Å². The number of amides is 1. The monoisotopic (exact) mass is 324 g/mol. The van der Waals surface area contributed by atoms with Crippen molar-refractivity contribution in [2.24, 2.45) is 5.73 Å². The molecule has 0 fully saturated rings. The van der Waals surface area contributed by atoms with Gasteiger partial charge in [0.05, 0.1) is 22.3 Å². The van der Waals surface area contributed by atoms with Gasteiger partial charge in [0.2, 0.25) is 0 Å². The summed E-state index contributed by atoms with van der Waals surface area (Å²) >= 11 is 8.72. The third kappa shape index (κ3) is 3.84.